The Kier molecular flexibility index (Phi) is 6.66. The normalized spacial score (nSPS) is 14.3. The minimum atomic E-state index is -0.568. The lowest BCUT2D eigenvalue weighted by Crippen LogP contribution is -2.31. The van der Waals surface area contributed by atoms with Gasteiger partial charge in [-0.2, -0.15) is 5.26 Å². The van der Waals surface area contributed by atoms with Gasteiger partial charge < -0.3 is 4.74 Å². The first kappa shape index (κ1) is 21.1. The third kappa shape index (κ3) is 4.96. The highest BCUT2D eigenvalue weighted by Crippen LogP contribution is 2.38. The van der Waals surface area contributed by atoms with E-state index < -0.39 is 5.25 Å². The molecule has 0 N–H and O–H groups in total. The molecule has 31 heavy (non-hydrogen) atoms. The van der Waals surface area contributed by atoms with Crippen LogP contribution in [0.4, 0.5) is 0 Å². The van der Waals surface area contributed by atoms with Crippen molar-refractivity contribution in [3.8, 4) is 6.07 Å². The first-order valence-corrected chi connectivity index (χ1v) is 11.0. The predicted octanol–water partition coefficient (Wildman–Crippen LogP) is 4.52. The number of pyridine rings is 1. The van der Waals surface area contributed by atoms with E-state index in [1.807, 2.05) is 42.5 Å². The Hall–Kier alpha value is -3.14. The van der Waals surface area contributed by atoms with Crippen molar-refractivity contribution in [3.63, 3.8) is 0 Å². The highest BCUT2D eigenvalue weighted by atomic mass is 32.2. The van der Waals surface area contributed by atoms with Gasteiger partial charge in [-0.15, -0.1) is 0 Å². The number of fused-ring (bicyclic) bond motifs is 1. The number of methoxy groups -OCH3 is 1. The molecule has 156 valence electrons. The molecular weight excluding hydrogens is 406 g/mol. The Morgan fingerprint density at radius 1 is 1.19 bits per heavy atom. The molecule has 6 heteroatoms. The maximum atomic E-state index is 12.5. The van der Waals surface area contributed by atoms with Crippen LogP contribution in [0.1, 0.15) is 33.2 Å². The largest absolute Gasteiger partial charge is 0.468 e. The highest BCUT2D eigenvalue weighted by Gasteiger charge is 2.27. The van der Waals surface area contributed by atoms with Gasteiger partial charge in [-0.05, 0) is 22.8 Å². The molecular formula is C25H23N3O2S. The number of carbonyl (C=O) groups is 1. The second-order valence-corrected chi connectivity index (χ2v) is 8.53. The number of thioether (sulfide) groups is 1. The van der Waals surface area contributed by atoms with Crippen molar-refractivity contribution in [2.24, 2.45) is 0 Å². The van der Waals surface area contributed by atoms with Gasteiger partial charge in [-0.3, -0.25) is 9.69 Å². The molecule has 4 rings (SSSR count). The molecule has 5 nitrogen and oxygen atoms in total. The lowest BCUT2D eigenvalue weighted by atomic mass is 10.0. The third-order valence-corrected chi connectivity index (χ3v) is 6.57. The van der Waals surface area contributed by atoms with Crippen LogP contribution in [-0.2, 0) is 29.0 Å². The SMILES string of the molecule is COC(=O)C(Sc1nc2c(cc1C#N)CN(Cc1ccccc1)CC2)c1ccccc1. The summed E-state index contributed by atoms with van der Waals surface area (Å²) in [5.74, 6) is -0.353. The molecule has 2 heterocycles. The fourth-order valence-electron chi connectivity index (χ4n) is 3.76. The summed E-state index contributed by atoms with van der Waals surface area (Å²) in [4.78, 5) is 19.6. The van der Waals surface area contributed by atoms with Gasteiger partial charge in [0, 0.05) is 31.7 Å². The van der Waals surface area contributed by atoms with Crippen LogP contribution in [0.15, 0.2) is 71.8 Å². The Balaban J connectivity index is 1.58. The second-order valence-electron chi connectivity index (χ2n) is 7.44. The predicted molar refractivity (Wildman–Crippen MR) is 120 cm³/mol. The molecule has 1 aliphatic rings. The maximum absolute atomic E-state index is 12.5. The van der Waals surface area contributed by atoms with Crippen molar-refractivity contribution in [1.29, 1.82) is 5.26 Å². The zero-order chi connectivity index (χ0) is 21.6. The van der Waals surface area contributed by atoms with E-state index in [1.165, 1.54) is 24.4 Å². The number of hydrogen-bond donors (Lipinski definition) is 0. The van der Waals surface area contributed by atoms with Crippen LogP contribution in [0, 0.1) is 11.3 Å². The molecule has 0 fully saturated rings. The van der Waals surface area contributed by atoms with E-state index in [-0.39, 0.29) is 5.97 Å². The van der Waals surface area contributed by atoms with E-state index >= 15 is 0 Å². The second kappa shape index (κ2) is 9.78. The summed E-state index contributed by atoms with van der Waals surface area (Å²) in [6, 6.07) is 24.0. The quantitative estimate of drug-likeness (QED) is 0.424. The number of ether oxygens (including phenoxy) is 1. The average Bonchev–Trinajstić information content (AvgIpc) is 2.82. The minimum Gasteiger partial charge on any atom is -0.468 e. The van der Waals surface area contributed by atoms with Gasteiger partial charge >= 0.3 is 5.97 Å². The minimum absolute atomic E-state index is 0.353. The molecule has 3 aromatic rings. The standard InChI is InChI=1S/C25H23N3O2S/c1-30-25(29)23(19-10-6-3-7-11-19)31-24-20(15-26)14-21-17-28(13-12-22(21)27-24)16-18-8-4-2-5-9-18/h2-11,14,23H,12-13,16-17H2,1H3. The van der Waals surface area contributed by atoms with Crippen LogP contribution >= 0.6 is 11.8 Å². The summed E-state index contributed by atoms with van der Waals surface area (Å²) in [5.41, 5.74) is 4.68. The Morgan fingerprint density at radius 2 is 1.90 bits per heavy atom. The van der Waals surface area contributed by atoms with Crippen molar-refractivity contribution in [1.82, 2.24) is 9.88 Å². The van der Waals surface area contributed by atoms with Gasteiger partial charge in [-0.25, -0.2) is 4.98 Å². The summed E-state index contributed by atoms with van der Waals surface area (Å²) in [6.07, 6.45) is 0.815. The number of benzene rings is 2. The molecule has 0 aliphatic carbocycles. The lowest BCUT2D eigenvalue weighted by Gasteiger charge is -2.29. The molecule has 0 bridgehead atoms. The Labute approximate surface area is 186 Å². The van der Waals surface area contributed by atoms with Gasteiger partial charge in [0.05, 0.1) is 12.7 Å². The van der Waals surface area contributed by atoms with Crippen LogP contribution in [-0.4, -0.2) is 29.5 Å². The van der Waals surface area contributed by atoms with Crippen LogP contribution in [0.5, 0.6) is 0 Å². The molecule has 0 radical (unpaired) electrons. The summed E-state index contributed by atoms with van der Waals surface area (Å²) in [5, 5.41) is 9.78. The molecule has 1 unspecified atom stereocenters. The topological polar surface area (TPSA) is 66.2 Å². The lowest BCUT2D eigenvalue weighted by molar-refractivity contribution is -0.140. The number of nitriles is 1. The monoisotopic (exact) mass is 429 g/mol. The van der Waals surface area contributed by atoms with Crippen molar-refractivity contribution < 1.29 is 9.53 Å². The molecule has 0 spiro atoms. The molecule has 0 amide bonds. The fourth-order valence-corrected chi connectivity index (χ4v) is 4.86. The van der Waals surface area contributed by atoms with Crippen LogP contribution < -0.4 is 0 Å². The smallest absolute Gasteiger partial charge is 0.323 e. The zero-order valence-electron chi connectivity index (χ0n) is 17.3. The van der Waals surface area contributed by atoms with E-state index in [0.717, 1.165) is 42.9 Å². The average molecular weight is 430 g/mol. The van der Waals surface area contributed by atoms with Gasteiger partial charge in [0.25, 0.3) is 0 Å². The number of rotatable bonds is 6. The number of esters is 1. The van der Waals surface area contributed by atoms with Crippen molar-refractivity contribution in [2.75, 3.05) is 13.7 Å². The van der Waals surface area contributed by atoms with E-state index in [4.69, 9.17) is 9.72 Å². The van der Waals surface area contributed by atoms with E-state index in [1.54, 1.807) is 0 Å². The highest BCUT2D eigenvalue weighted by molar-refractivity contribution is 8.00. The van der Waals surface area contributed by atoms with Gasteiger partial charge in [0.2, 0.25) is 0 Å². The van der Waals surface area contributed by atoms with Gasteiger partial charge in [-0.1, -0.05) is 72.4 Å². The number of hydrogen-bond acceptors (Lipinski definition) is 6. The fraction of sp³-hybridized carbons (Fsp3) is 0.240. The van der Waals surface area contributed by atoms with Crippen LogP contribution in [0.3, 0.4) is 0 Å². The summed E-state index contributed by atoms with van der Waals surface area (Å²) >= 11 is 1.28. The van der Waals surface area contributed by atoms with Crippen molar-refractivity contribution in [2.45, 2.75) is 29.8 Å². The summed E-state index contributed by atoms with van der Waals surface area (Å²) in [7, 11) is 1.38. The summed E-state index contributed by atoms with van der Waals surface area (Å²) in [6.45, 7) is 2.54. The maximum Gasteiger partial charge on any atom is 0.323 e. The first-order valence-electron chi connectivity index (χ1n) is 10.2. The molecule has 1 aliphatic heterocycles. The van der Waals surface area contributed by atoms with Gasteiger partial charge in [0.1, 0.15) is 16.3 Å². The molecule has 1 atom stereocenters. The molecule has 0 saturated heterocycles. The van der Waals surface area contributed by atoms with Crippen molar-refractivity contribution >= 4 is 17.7 Å². The Morgan fingerprint density at radius 3 is 2.58 bits per heavy atom. The number of aromatic nitrogens is 1. The number of carbonyl (C=O) groups excluding carboxylic acids is 1. The Bertz CT molecular complexity index is 1100. The van der Waals surface area contributed by atoms with Gasteiger partial charge in [0.15, 0.2) is 0 Å². The van der Waals surface area contributed by atoms with E-state index in [0.29, 0.717) is 10.6 Å². The van der Waals surface area contributed by atoms with Crippen LogP contribution in [0.2, 0.25) is 0 Å². The summed E-state index contributed by atoms with van der Waals surface area (Å²) < 4.78 is 5.02. The first-order chi connectivity index (χ1) is 15.2. The van der Waals surface area contributed by atoms with E-state index in [9.17, 15) is 10.1 Å². The van der Waals surface area contributed by atoms with Crippen molar-refractivity contribution in [3.05, 3.63) is 94.7 Å². The zero-order valence-corrected chi connectivity index (χ0v) is 18.1. The van der Waals surface area contributed by atoms with E-state index in [2.05, 4.69) is 35.2 Å². The number of nitrogens with zero attached hydrogens (tertiary/aromatic N) is 3. The molecule has 1 aromatic heterocycles. The van der Waals surface area contributed by atoms with Crippen LogP contribution in [0.25, 0.3) is 0 Å². The molecule has 0 saturated carbocycles. The third-order valence-electron chi connectivity index (χ3n) is 5.33. The molecule has 2 aromatic carbocycles.